The first-order valence-corrected chi connectivity index (χ1v) is 7.49. The predicted molar refractivity (Wildman–Crippen MR) is 71.9 cm³/mol. The highest BCUT2D eigenvalue weighted by atomic mass is 32.2. The maximum Gasteiger partial charge on any atom is 0.246 e. The molecule has 1 heterocycles. The van der Waals surface area contributed by atoms with Crippen LogP contribution in [0.2, 0.25) is 0 Å². The first-order chi connectivity index (χ1) is 10.0. The zero-order valence-electron chi connectivity index (χ0n) is 11.2. The lowest BCUT2D eigenvalue weighted by molar-refractivity contribution is -0.124. The monoisotopic (exact) mass is 314 g/mol. The van der Waals surface area contributed by atoms with E-state index in [1.807, 2.05) is 0 Å². The van der Waals surface area contributed by atoms with Gasteiger partial charge in [0, 0.05) is 20.2 Å². The molecule has 2 aromatic rings. The van der Waals surface area contributed by atoms with Crippen LogP contribution >= 0.6 is 0 Å². The Balaban J connectivity index is 1.99. The van der Waals surface area contributed by atoms with Crippen LogP contribution in [0.4, 0.5) is 0 Å². The molecule has 0 bridgehead atoms. The normalized spacial score (nSPS) is 11.7. The number of carbonyl (C=O) groups excluding carboxylic acids is 1. The van der Waals surface area contributed by atoms with Crippen molar-refractivity contribution in [3.05, 3.63) is 18.2 Å². The average molecular weight is 314 g/mol. The number of aromatic nitrogens is 2. The van der Waals surface area contributed by atoms with Crippen molar-refractivity contribution in [2.45, 2.75) is 4.90 Å². The zero-order chi connectivity index (χ0) is 15.3. The standard InChI is InChI=1S/C11H14N4O5S/c1-19-7-10(16)12-5-6-13-21(17,18)9-4-2-3-8-11(9)15-20-14-8/h2-4,13H,5-7H2,1H3,(H,12,16). The van der Waals surface area contributed by atoms with Gasteiger partial charge in [-0.15, -0.1) is 0 Å². The Morgan fingerprint density at radius 3 is 2.90 bits per heavy atom. The number of fused-ring (bicyclic) bond motifs is 1. The van der Waals surface area contributed by atoms with Gasteiger partial charge in [0.15, 0.2) is 5.52 Å². The quantitative estimate of drug-likeness (QED) is 0.645. The molecule has 0 saturated heterocycles. The van der Waals surface area contributed by atoms with Crippen LogP contribution in [0, 0.1) is 0 Å². The fraction of sp³-hybridized carbons (Fsp3) is 0.364. The molecule has 0 saturated carbocycles. The van der Waals surface area contributed by atoms with Gasteiger partial charge in [-0.1, -0.05) is 6.07 Å². The summed E-state index contributed by atoms with van der Waals surface area (Å²) in [6.45, 7) is 0.116. The minimum absolute atomic E-state index is 0.0236. The molecule has 9 nitrogen and oxygen atoms in total. The topological polar surface area (TPSA) is 123 Å². The molecule has 0 atom stereocenters. The fourth-order valence-corrected chi connectivity index (χ4v) is 2.83. The van der Waals surface area contributed by atoms with Gasteiger partial charge in [0.1, 0.15) is 17.0 Å². The summed E-state index contributed by atoms with van der Waals surface area (Å²) in [4.78, 5) is 11.1. The molecule has 0 aliphatic carbocycles. The predicted octanol–water partition coefficient (Wildman–Crippen LogP) is -0.736. The lowest BCUT2D eigenvalue weighted by atomic mass is 10.3. The van der Waals surface area contributed by atoms with E-state index in [4.69, 9.17) is 0 Å². The third kappa shape index (κ3) is 3.74. The number of methoxy groups -OCH3 is 1. The van der Waals surface area contributed by atoms with Gasteiger partial charge in [0.2, 0.25) is 15.9 Å². The number of nitrogens with zero attached hydrogens (tertiary/aromatic N) is 2. The molecular weight excluding hydrogens is 300 g/mol. The van der Waals surface area contributed by atoms with E-state index in [1.54, 1.807) is 12.1 Å². The molecule has 0 fully saturated rings. The molecule has 2 N–H and O–H groups in total. The van der Waals surface area contributed by atoms with Crippen LogP contribution in [0.1, 0.15) is 0 Å². The number of hydrogen-bond acceptors (Lipinski definition) is 7. The number of sulfonamides is 1. The lowest BCUT2D eigenvalue weighted by Gasteiger charge is -2.07. The largest absolute Gasteiger partial charge is 0.375 e. The van der Waals surface area contributed by atoms with Crippen molar-refractivity contribution < 1.29 is 22.6 Å². The number of rotatable bonds is 7. The van der Waals surface area contributed by atoms with Crippen molar-refractivity contribution in [2.75, 3.05) is 26.8 Å². The van der Waals surface area contributed by atoms with Gasteiger partial charge in [0.05, 0.1) is 0 Å². The van der Waals surface area contributed by atoms with E-state index >= 15 is 0 Å². The summed E-state index contributed by atoms with van der Waals surface area (Å²) in [6.07, 6.45) is 0. The molecule has 10 heteroatoms. The van der Waals surface area contributed by atoms with Gasteiger partial charge in [-0.3, -0.25) is 4.79 Å². The number of hydrogen-bond donors (Lipinski definition) is 2. The molecule has 1 aromatic carbocycles. The smallest absolute Gasteiger partial charge is 0.246 e. The van der Waals surface area contributed by atoms with Gasteiger partial charge in [-0.05, 0) is 22.4 Å². The molecule has 1 aromatic heterocycles. The molecular formula is C11H14N4O5S. The number of nitrogens with one attached hydrogen (secondary N) is 2. The van der Waals surface area contributed by atoms with Gasteiger partial charge in [0.25, 0.3) is 0 Å². The van der Waals surface area contributed by atoms with E-state index in [-0.39, 0.29) is 36.0 Å². The van der Waals surface area contributed by atoms with Gasteiger partial charge in [-0.2, -0.15) is 0 Å². The Morgan fingerprint density at radius 1 is 1.33 bits per heavy atom. The number of carbonyl (C=O) groups is 1. The summed E-state index contributed by atoms with van der Waals surface area (Å²) in [5.74, 6) is -0.320. The molecule has 0 radical (unpaired) electrons. The third-order valence-electron chi connectivity index (χ3n) is 2.55. The van der Waals surface area contributed by atoms with Crippen molar-refractivity contribution >= 4 is 27.0 Å². The van der Waals surface area contributed by atoms with Crippen molar-refractivity contribution in [1.82, 2.24) is 20.4 Å². The van der Waals surface area contributed by atoms with Crippen LogP contribution in [0.25, 0.3) is 11.0 Å². The number of amides is 1. The second-order valence-electron chi connectivity index (χ2n) is 4.07. The Bertz CT molecular complexity index is 727. The van der Waals surface area contributed by atoms with Crippen molar-refractivity contribution in [1.29, 1.82) is 0 Å². The Kier molecular flexibility index (Phi) is 4.83. The summed E-state index contributed by atoms with van der Waals surface area (Å²) in [5.41, 5.74) is 0.514. The van der Waals surface area contributed by atoms with E-state index in [0.717, 1.165) is 0 Å². The highest BCUT2D eigenvalue weighted by Crippen LogP contribution is 2.19. The zero-order valence-corrected chi connectivity index (χ0v) is 12.0. The van der Waals surface area contributed by atoms with E-state index in [0.29, 0.717) is 5.52 Å². The summed E-state index contributed by atoms with van der Waals surface area (Å²) in [5, 5.41) is 9.66. The summed E-state index contributed by atoms with van der Waals surface area (Å²) < 4.78 is 35.8. The van der Waals surface area contributed by atoms with E-state index in [2.05, 4.69) is 29.7 Å². The number of benzene rings is 1. The van der Waals surface area contributed by atoms with Crippen LogP contribution < -0.4 is 10.0 Å². The molecule has 0 aliphatic rings. The second kappa shape index (κ2) is 6.61. The Morgan fingerprint density at radius 2 is 2.14 bits per heavy atom. The Hall–Kier alpha value is -2.04. The molecule has 0 unspecified atom stereocenters. The molecule has 1 amide bonds. The molecule has 0 aliphatic heterocycles. The van der Waals surface area contributed by atoms with Crippen LogP contribution in [0.5, 0.6) is 0 Å². The van der Waals surface area contributed by atoms with Crippen molar-refractivity contribution in [3.63, 3.8) is 0 Å². The van der Waals surface area contributed by atoms with Crippen molar-refractivity contribution in [3.8, 4) is 0 Å². The van der Waals surface area contributed by atoms with Gasteiger partial charge >= 0.3 is 0 Å². The maximum absolute atomic E-state index is 12.2. The molecule has 2 rings (SSSR count). The van der Waals surface area contributed by atoms with E-state index in [1.165, 1.54) is 13.2 Å². The first-order valence-electron chi connectivity index (χ1n) is 6.01. The molecule has 21 heavy (non-hydrogen) atoms. The van der Waals surface area contributed by atoms with E-state index < -0.39 is 10.0 Å². The maximum atomic E-state index is 12.2. The minimum atomic E-state index is -3.76. The molecule has 0 spiro atoms. The van der Waals surface area contributed by atoms with Crippen LogP contribution in [0.15, 0.2) is 27.7 Å². The van der Waals surface area contributed by atoms with Crippen LogP contribution in [-0.4, -0.2) is 51.4 Å². The Labute approximate surface area is 120 Å². The second-order valence-corrected chi connectivity index (χ2v) is 5.80. The van der Waals surface area contributed by atoms with Crippen LogP contribution in [-0.2, 0) is 19.6 Å². The summed E-state index contributed by atoms with van der Waals surface area (Å²) in [6, 6.07) is 4.54. The van der Waals surface area contributed by atoms with Crippen LogP contribution in [0.3, 0.4) is 0 Å². The number of ether oxygens (including phenoxy) is 1. The average Bonchev–Trinajstić information content (AvgIpc) is 2.92. The highest BCUT2D eigenvalue weighted by Gasteiger charge is 2.19. The fourth-order valence-electron chi connectivity index (χ4n) is 1.65. The van der Waals surface area contributed by atoms with Gasteiger partial charge < -0.3 is 10.1 Å². The van der Waals surface area contributed by atoms with E-state index in [9.17, 15) is 13.2 Å². The highest BCUT2D eigenvalue weighted by molar-refractivity contribution is 7.89. The van der Waals surface area contributed by atoms with Gasteiger partial charge in [-0.25, -0.2) is 17.8 Å². The first kappa shape index (κ1) is 15.4. The molecule has 114 valence electrons. The lowest BCUT2D eigenvalue weighted by Crippen LogP contribution is -2.36. The summed E-state index contributed by atoms with van der Waals surface area (Å²) >= 11 is 0. The minimum Gasteiger partial charge on any atom is -0.375 e. The van der Waals surface area contributed by atoms with Crippen molar-refractivity contribution in [2.24, 2.45) is 0 Å². The SMILES string of the molecule is COCC(=O)NCCNS(=O)(=O)c1cccc2nonc12. The summed E-state index contributed by atoms with van der Waals surface area (Å²) in [7, 11) is -2.36. The third-order valence-corrected chi connectivity index (χ3v) is 4.05.